The van der Waals surface area contributed by atoms with Crippen LogP contribution in [-0.2, 0) is 24.7 Å². The maximum absolute atomic E-state index is 14.5. The molecule has 0 radical (unpaired) electrons. The molecule has 2 aliphatic heterocycles. The highest BCUT2D eigenvalue weighted by Gasteiger charge is 2.83. The molecule has 0 aromatic heterocycles. The lowest BCUT2D eigenvalue weighted by Crippen LogP contribution is -2.64. The molecule has 0 N–H and O–H groups in total. The molecule has 186 valence electrons. The van der Waals surface area contributed by atoms with Crippen molar-refractivity contribution >= 4 is 11.8 Å². The average molecular weight is 475 g/mol. The molecule has 1 spiro atoms. The van der Waals surface area contributed by atoms with Gasteiger partial charge < -0.3 is 9.47 Å². The van der Waals surface area contributed by atoms with Crippen molar-refractivity contribution in [1.82, 2.24) is 0 Å². The van der Waals surface area contributed by atoms with Gasteiger partial charge in [0, 0.05) is 5.92 Å². The van der Waals surface area contributed by atoms with Crippen LogP contribution in [0.5, 0.6) is 0 Å². The number of cyclic esters (lactones) is 1. The first kappa shape index (κ1) is 24.2. The van der Waals surface area contributed by atoms with Gasteiger partial charge in [-0.25, -0.2) is 4.79 Å². The number of carbonyl (C=O) groups is 2. The third kappa shape index (κ3) is 3.08. The van der Waals surface area contributed by atoms with E-state index in [1.165, 1.54) is 11.1 Å². The molecule has 4 nitrogen and oxygen atoms in total. The molecular formula is C31H38O4. The molecular weight excluding hydrogens is 436 g/mol. The van der Waals surface area contributed by atoms with Gasteiger partial charge in [-0.1, -0.05) is 66.6 Å². The summed E-state index contributed by atoms with van der Waals surface area (Å²) in [5.74, 6) is -0.00100. The van der Waals surface area contributed by atoms with Crippen LogP contribution in [-0.4, -0.2) is 24.0 Å². The fraction of sp³-hybridized carbons (Fsp3) is 0.548. The lowest BCUT2D eigenvalue weighted by molar-refractivity contribution is -0.234. The van der Waals surface area contributed by atoms with Crippen LogP contribution in [0.1, 0.15) is 59.4 Å². The Bertz CT molecular complexity index is 1110. The van der Waals surface area contributed by atoms with Crippen molar-refractivity contribution in [2.45, 2.75) is 65.1 Å². The minimum atomic E-state index is -1.64. The Morgan fingerprint density at radius 1 is 1.20 bits per heavy atom. The van der Waals surface area contributed by atoms with E-state index in [0.717, 1.165) is 24.8 Å². The lowest BCUT2D eigenvalue weighted by Gasteiger charge is -2.62. The summed E-state index contributed by atoms with van der Waals surface area (Å²) in [6.45, 7) is 14.7. The quantitative estimate of drug-likeness (QED) is 0.281. The molecule has 3 fully saturated rings. The van der Waals surface area contributed by atoms with E-state index in [4.69, 9.17) is 9.47 Å². The van der Waals surface area contributed by atoms with Crippen LogP contribution >= 0.6 is 0 Å². The molecule has 1 saturated carbocycles. The molecule has 2 saturated heterocycles. The number of carbonyl (C=O) groups excluding carboxylic acids is 2. The zero-order valence-corrected chi connectivity index (χ0v) is 21.7. The third-order valence-electron chi connectivity index (χ3n) is 9.52. The Morgan fingerprint density at radius 3 is 2.57 bits per heavy atom. The SMILES string of the molecule is C=C[C@]1(C)COC(=O)[C@@]12O[C@@]1(c3ccccc3)[C@@H](C2=O)[C@@H]2[C@@H](C(C)CCC=C(C)C)CC=C(C)[C@@H]21. The predicted molar refractivity (Wildman–Crippen MR) is 136 cm³/mol. The molecule has 0 amide bonds. The van der Waals surface area contributed by atoms with E-state index in [-0.39, 0.29) is 30.1 Å². The summed E-state index contributed by atoms with van der Waals surface area (Å²) in [6.07, 6.45) is 9.44. The van der Waals surface area contributed by atoms with Crippen LogP contribution in [0.2, 0.25) is 0 Å². The van der Waals surface area contributed by atoms with Gasteiger partial charge in [-0.3, -0.25) is 4.79 Å². The monoisotopic (exact) mass is 474 g/mol. The molecule has 8 atom stereocenters. The van der Waals surface area contributed by atoms with Gasteiger partial charge >= 0.3 is 5.97 Å². The van der Waals surface area contributed by atoms with E-state index in [1.807, 2.05) is 25.1 Å². The number of hydrogen-bond acceptors (Lipinski definition) is 4. The van der Waals surface area contributed by atoms with Gasteiger partial charge in [0.1, 0.15) is 12.2 Å². The Morgan fingerprint density at radius 2 is 1.91 bits per heavy atom. The fourth-order valence-electron chi connectivity index (χ4n) is 7.57. The number of allylic oxidation sites excluding steroid dienone is 3. The normalized spacial score (nSPS) is 40.3. The summed E-state index contributed by atoms with van der Waals surface area (Å²) in [5, 5.41) is 0. The number of ether oxygens (including phenoxy) is 2. The number of esters is 1. The Kier molecular flexibility index (Phi) is 5.75. The third-order valence-corrected chi connectivity index (χ3v) is 9.52. The van der Waals surface area contributed by atoms with Crippen LogP contribution in [0, 0.1) is 35.0 Å². The molecule has 35 heavy (non-hydrogen) atoms. The summed E-state index contributed by atoms with van der Waals surface area (Å²) in [7, 11) is 0. The van der Waals surface area contributed by atoms with Gasteiger partial charge in [0.05, 0.1) is 11.3 Å². The molecule has 4 heteroatoms. The van der Waals surface area contributed by atoms with Crippen molar-refractivity contribution in [2.75, 3.05) is 6.61 Å². The molecule has 2 heterocycles. The second-order valence-corrected chi connectivity index (χ2v) is 11.7. The molecule has 0 bridgehead atoms. The van der Waals surface area contributed by atoms with E-state index in [9.17, 15) is 9.59 Å². The lowest BCUT2D eigenvalue weighted by atomic mass is 9.42. The highest BCUT2D eigenvalue weighted by Crippen LogP contribution is 2.73. The summed E-state index contributed by atoms with van der Waals surface area (Å²) in [4.78, 5) is 27.8. The highest BCUT2D eigenvalue weighted by atomic mass is 16.6. The Hall–Kier alpha value is -2.46. The van der Waals surface area contributed by atoms with Gasteiger partial charge in [-0.2, -0.15) is 0 Å². The van der Waals surface area contributed by atoms with Crippen LogP contribution < -0.4 is 0 Å². The van der Waals surface area contributed by atoms with Gasteiger partial charge in [0.15, 0.2) is 5.78 Å². The maximum Gasteiger partial charge on any atom is 0.347 e. The first-order chi connectivity index (χ1) is 16.6. The van der Waals surface area contributed by atoms with Crippen molar-refractivity contribution in [2.24, 2.45) is 35.0 Å². The van der Waals surface area contributed by atoms with Crippen molar-refractivity contribution in [3.05, 3.63) is 71.8 Å². The zero-order valence-electron chi connectivity index (χ0n) is 21.7. The maximum atomic E-state index is 14.5. The van der Waals surface area contributed by atoms with E-state index >= 15 is 0 Å². The molecule has 5 rings (SSSR count). The Labute approximate surface area is 209 Å². The summed E-state index contributed by atoms with van der Waals surface area (Å²) in [6, 6.07) is 10.1. The largest absolute Gasteiger partial charge is 0.462 e. The van der Waals surface area contributed by atoms with Crippen molar-refractivity contribution < 1.29 is 19.1 Å². The van der Waals surface area contributed by atoms with Crippen LogP contribution in [0.3, 0.4) is 0 Å². The fourth-order valence-corrected chi connectivity index (χ4v) is 7.57. The van der Waals surface area contributed by atoms with E-state index in [0.29, 0.717) is 11.8 Å². The van der Waals surface area contributed by atoms with Crippen molar-refractivity contribution in [1.29, 1.82) is 0 Å². The standard InChI is InChI=1S/C31H38O4/c1-7-29(6)18-34-28(33)31(29)27(32)26-24-23(20(4)13-11-12-19(2)3)17-16-21(5)25(24)30(26,35-31)22-14-9-8-10-15-22/h7-10,12,14-16,20,23-26H,1,11,13,17-18H2,2-6H3/t20?,23-,24-,25+,26-,29-,30-,31-/m1/s1. The Balaban J connectivity index is 1.63. The first-order valence-electron chi connectivity index (χ1n) is 13.0. The highest BCUT2D eigenvalue weighted by molar-refractivity contribution is 6.13. The minimum absolute atomic E-state index is 0.0605. The molecule has 4 aliphatic rings. The smallest absolute Gasteiger partial charge is 0.347 e. The predicted octanol–water partition coefficient (Wildman–Crippen LogP) is 6.18. The van der Waals surface area contributed by atoms with Crippen LogP contribution in [0.25, 0.3) is 0 Å². The summed E-state index contributed by atoms with van der Waals surface area (Å²) < 4.78 is 12.5. The zero-order chi connectivity index (χ0) is 25.2. The number of hydrogen-bond donors (Lipinski definition) is 0. The van der Waals surface area contributed by atoms with Crippen molar-refractivity contribution in [3.8, 4) is 0 Å². The molecule has 1 aromatic rings. The summed E-state index contributed by atoms with van der Waals surface area (Å²) in [5.41, 5.74) is 0.197. The number of fused-ring (bicyclic) bond motifs is 4. The second kappa shape index (κ2) is 8.30. The number of ketones is 1. The molecule has 1 aromatic carbocycles. The van der Waals surface area contributed by atoms with Gasteiger partial charge in [0.25, 0.3) is 0 Å². The van der Waals surface area contributed by atoms with Crippen molar-refractivity contribution in [3.63, 3.8) is 0 Å². The number of Topliss-reactive ketones (excluding diaryl/α,β-unsaturated/α-hetero) is 1. The number of benzene rings is 1. The molecule has 1 unspecified atom stereocenters. The van der Waals surface area contributed by atoms with Gasteiger partial charge in [0.2, 0.25) is 5.60 Å². The van der Waals surface area contributed by atoms with Gasteiger partial charge in [-0.05, 0) is 70.3 Å². The van der Waals surface area contributed by atoms with Crippen LogP contribution in [0.15, 0.2) is 66.3 Å². The minimum Gasteiger partial charge on any atom is -0.462 e. The summed E-state index contributed by atoms with van der Waals surface area (Å²) >= 11 is 0. The van der Waals surface area contributed by atoms with E-state index in [2.05, 4.69) is 58.6 Å². The van der Waals surface area contributed by atoms with Crippen LogP contribution in [0.4, 0.5) is 0 Å². The van der Waals surface area contributed by atoms with Gasteiger partial charge in [-0.15, -0.1) is 6.58 Å². The first-order valence-corrected chi connectivity index (χ1v) is 13.0. The number of rotatable bonds is 6. The second-order valence-electron chi connectivity index (χ2n) is 11.7. The van der Waals surface area contributed by atoms with E-state index in [1.54, 1.807) is 6.08 Å². The van der Waals surface area contributed by atoms with E-state index < -0.39 is 22.6 Å². The average Bonchev–Trinajstić information content (AvgIpc) is 3.22. The topological polar surface area (TPSA) is 52.6 Å². The molecule has 2 aliphatic carbocycles.